The second kappa shape index (κ2) is 5.75. The zero-order valence-electron chi connectivity index (χ0n) is 12.6. The van der Waals surface area contributed by atoms with Gasteiger partial charge >= 0.3 is 0 Å². The predicted octanol–water partition coefficient (Wildman–Crippen LogP) is 2.81. The number of fused-ring (bicyclic) bond motifs is 1. The second-order valence-corrected chi connectivity index (χ2v) is 6.34. The summed E-state index contributed by atoms with van der Waals surface area (Å²) in [5, 5.41) is 6.83. The van der Waals surface area contributed by atoms with Crippen LogP contribution in [0.5, 0.6) is 0 Å². The molecule has 0 spiro atoms. The van der Waals surface area contributed by atoms with Crippen molar-refractivity contribution in [1.29, 1.82) is 0 Å². The number of rotatable bonds is 2. The third-order valence-electron chi connectivity index (χ3n) is 3.90. The van der Waals surface area contributed by atoms with Crippen LogP contribution >= 0.6 is 11.3 Å². The van der Waals surface area contributed by atoms with Crippen molar-refractivity contribution in [2.75, 3.05) is 19.7 Å². The third kappa shape index (κ3) is 2.62. The molecule has 23 heavy (non-hydrogen) atoms. The van der Waals surface area contributed by atoms with Crippen molar-refractivity contribution in [1.82, 2.24) is 15.0 Å². The summed E-state index contributed by atoms with van der Waals surface area (Å²) in [5.74, 6) is 1.02. The molecular formula is C16H15N3O3S. The van der Waals surface area contributed by atoms with E-state index in [0.29, 0.717) is 31.4 Å². The zero-order chi connectivity index (χ0) is 15.8. The normalized spacial score (nSPS) is 18.5. The zero-order valence-corrected chi connectivity index (χ0v) is 13.4. The molecule has 7 heteroatoms. The molecule has 0 N–H and O–H groups in total. The molecular weight excluding hydrogens is 314 g/mol. The number of hydrogen-bond donors (Lipinski definition) is 0. The van der Waals surface area contributed by atoms with Crippen molar-refractivity contribution in [2.24, 2.45) is 0 Å². The fourth-order valence-corrected chi connectivity index (χ4v) is 3.68. The molecule has 1 aromatic carbocycles. The Hall–Kier alpha value is -2.25. The summed E-state index contributed by atoms with van der Waals surface area (Å²) < 4.78 is 11.8. The van der Waals surface area contributed by atoms with Crippen LogP contribution in [0.25, 0.3) is 10.1 Å². The molecule has 1 fully saturated rings. The number of nitrogens with zero attached hydrogens (tertiary/aromatic N) is 3. The van der Waals surface area contributed by atoms with Crippen LogP contribution in [0.15, 0.2) is 34.2 Å². The fraction of sp³-hybridized carbons (Fsp3) is 0.312. The van der Waals surface area contributed by atoms with Gasteiger partial charge in [0.05, 0.1) is 18.7 Å². The lowest BCUT2D eigenvalue weighted by Crippen LogP contribution is -2.42. The molecule has 1 atom stereocenters. The summed E-state index contributed by atoms with van der Waals surface area (Å²) in [6.07, 6.45) is -0.338. The Labute approximate surface area is 136 Å². The first kappa shape index (κ1) is 14.3. The molecule has 0 radical (unpaired) electrons. The molecule has 0 saturated carbocycles. The minimum atomic E-state index is -0.338. The quantitative estimate of drug-likeness (QED) is 0.723. The van der Waals surface area contributed by atoms with E-state index in [1.807, 2.05) is 29.6 Å². The van der Waals surface area contributed by atoms with Crippen molar-refractivity contribution < 1.29 is 14.1 Å². The number of aryl methyl sites for hydroxylation is 1. The second-order valence-electron chi connectivity index (χ2n) is 5.43. The molecule has 1 amide bonds. The maximum atomic E-state index is 12.9. The van der Waals surface area contributed by atoms with E-state index in [2.05, 4.69) is 10.1 Å². The van der Waals surface area contributed by atoms with Gasteiger partial charge in [0.2, 0.25) is 11.7 Å². The van der Waals surface area contributed by atoms with Gasteiger partial charge in [0, 0.05) is 28.9 Å². The highest BCUT2D eigenvalue weighted by Crippen LogP contribution is 2.28. The number of aromatic nitrogens is 2. The summed E-state index contributed by atoms with van der Waals surface area (Å²) in [4.78, 5) is 18.9. The first-order valence-electron chi connectivity index (χ1n) is 7.39. The highest BCUT2D eigenvalue weighted by molar-refractivity contribution is 7.17. The Balaban J connectivity index is 1.58. The average molecular weight is 329 g/mol. The van der Waals surface area contributed by atoms with Gasteiger partial charge in [0.25, 0.3) is 5.91 Å². The largest absolute Gasteiger partial charge is 0.366 e. The van der Waals surface area contributed by atoms with E-state index in [-0.39, 0.29) is 12.0 Å². The van der Waals surface area contributed by atoms with Gasteiger partial charge in [-0.2, -0.15) is 4.98 Å². The summed E-state index contributed by atoms with van der Waals surface area (Å²) in [5.41, 5.74) is 0.746. The highest BCUT2D eigenvalue weighted by atomic mass is 32.1. The average Bonchev–Trinajstić information content (AvgIpc) is 3.20. The van der Waals surface area contributed by atoms with Crippen LogP contribution in [-0.2, 0) is 4.74 Å². The summed E-state index contributed by atoms with van der Waals surface area (Å²) in [6.45, 7) is 3.20. The van der Waals surface area contributed by atoms with Gasteiger partial charge in [-0.25, -0.2) is 0 Å². The number of hydrogen-bond acceptors (Lipinski definition) is 6. The van der Waals surface area contributed by atoms with Gasteiger partial charge in [-0.15, -0.1) is 11.3 Å². The van der Waals surface area contributed by atoms with Gasteiger partial charge in [-0.05, 0) is 6.07 Å². The lowest BCUT2D eigenvalue weighted by molar-refractivity contribution is -0.0275. The van der Waals surface area contributed by atoms with Gasteiger partial charge in [0.15, 0.2) is 0 Å². The topological polar surface area (TPSA) is 68.5 Å². The number of ether oxygens (including phenoxy) is 1. The Morgan fingerprint density at radius 2 is 2.26 bits per heavy atom. The molecule has 0 aliphatic carbocycles. The van der Waals surface area contributed by atoms with Crippen LogP contribution in [0.3, 0.4) is 0 Å². The lowest BCUT2D eigenvalue weighted by Gasteiger charge is -2.31. The van der Waals surface area contributed by atoms with E-state index in [9.17, 15) is 4.79 Å². The molecule has 1 saturated heterocycles. The van der Waals surface area contributed by atoms with E-state index in [0.717, 1.165) is 15.6 Å². The fourth-order valence-electron chi connectivity index (χ4n) is 2.75. The number of amides is 1. The molecule has 118 valence electrons. The monoisotopic (exact) mass is 329 g/mol. The third-order valence-corrected chi connectivity index (χ3v) is 4.86. The van der Waals surface area contributed by atoms with E-state index < -0.39 is 0 Å². The van der Waals surface area contributed by atoms with E-state index in [1.54, 1.807) is 23.2 Å². The maximum absolute atomic E-state index is 12.9. The van der Waals surface area contributed by atoms with Crippen molar-refractivity contribution in [2.45, 2.75) is 13.0 Å². The smallest absolute Gasteiger partial charge is 0.255 e. The number of benzene rings is 1. The molecule has 1 unspecified atom stereocenters. The molecule has 6 nitrogen and oxygen atoms in total. The summed E-state index contributed by atoms with van der Waals surface area (Å²) >= 11 is 1.59. The van der Waals surface area contributed by atoms with Crippen LogP contribution in [0.1, 0.15) is 28.2 Å². The molecule has 3 aromatic rings. The van der Waals surface area contributed by atoms with Gasteiger partial charge < -0.3 is 14.2 Å². The van der Waals surface area contributed by atoms with Crippen LogP contribution in [0.4, 0.5) is 0 Å². The first-order chi connectivity index (χ1) is 11.2. The number of carbonyl (C=O) groups is 1. The predicted molar refractivity (Wildman–Crippen MR) is 85.5 cm³/mol. The minimum Gasteiger partial charge on any atom is -0.366 e. The van der Waals surface area contributed by atoms with Crippen LogP contribution in [0.2, 0.25) is 0 Å². The Kier molecular flexibility index (Phi) is 3.59. The Morgan fingerprint density at radius 3 is 3.09 bits per heavy atom. The summed E-state index contributed by atoms with van der Waals surface area (Å²) in [7, 11) is 0. The molecule has 4 rings (SSSR count). The van der Waals surface area contributed by atoms with Crippen molar-refractivity contribution >= 4 is 27.3 Å². The van der Waals surface area contributed by atoms with Gasteiger partial charge in [-0.3, -0.25) is 4.79 Å². The molecule has 2 aromatic heterocycles. The lowest BCUT2D eigenvalue weighted by atomic mass is 10.1. The Morgan fingerprint density at radius 1 is 1.39 bits per heavy atom. The molecule has 1 aliphatic heterocycles. The van der Waals surface area contributed by atoms with Crippen LogP contribution in [-0.4, -0.2) is 40.6 Å². The first-order valence-corrected chi connectivity index (χ1v) is 8.27. The number of thiophene rings is 1. The van der Waals surface area contributed by atoms with Gasteiger partial charge in [0.1, 0.15) is 6.10 Å². The Bertz CT molecular complexity index is 857. The van der Waals surface area contributed by atoms with E-state index in [4.69, 9.17) is 9.26 Å². The standard InChI is InChI=1S/C16H15N3O3S/c1-10-17-15(18-22-10)13-8-19(6-7-21-13)16(20)12-9-23-14-5-3-2-4-11(12)14/h2-5,9,13H,6-8H2,1H3. The highest BCUT2D eigenvalue weighted by Gasteiger charge is 2.29. The maximum Gasteiger partial charge on any atom is 0.255 e. The van der Waals surface area contributed by atoms with Gasteiger partial charge in [-0.1, -0.05) is 23.4 Å². The summed E-state index contributed by atoms with van der Waals surface area (Å²) in [6, 6.07) is 7.95. The minimum absolute atomic E-state index is 0.0240. The van der Waals surface area contributed by atoms with Crippen molar-refractivity contribution in [3.63, 3.8) is 0 Å². The molecule has 3 heterocycles. The van der Waals surface area contributed by atoms with E-state index >= 15 is 0 Å². The van der Waals surface area contributed by atoms with Crippen molar-refractivity contribution in [3.8, 4) is 0 Å². The van der Waals surface area contributed by atoms with Crippen LogP contribution < -0.4 is 0 Å². The number of morpholine rings is 1. The van der Waals surface area contributed by atoms with Crippen LogP contribution in [0, 0.1) is 6.92 Å². The van der Waals surface area contributed by atoms with E-state index in [1.165, 1.54) is 0 Å². The molecule has 1 aliphatic rings. The van der Waals surface area contributed by atoms with Crippen molar-refractivity contribution in [3.05, 3.63) is 46.9 Å². The number of carbonyl (C=O) groups excluding carboxylic acids is 1. The SMILES string of the molecule is Cc1nc(C2CN(C(=O)c3csc4ccccc34)CCO2)no1. The molecule has 0 bridgehead atoms.